The van der Waals surface area contributed by atoms with Gasteiger partial charge in [-0.15, -0.1) is 11.3 Å². The molecule has 10 heteroatoms. The Morgan fingerprint density at radius 2 is 1.83 bits per heavy atom. The zero-order valence-electron chi connectivity index (χ0n) is 13.5. The molecule has 0 aromatic carbocycles. The van der Waals surface area contributed by atoms with Gasteiger partial charge in [0, 0.05) is 44.8 Å². The number of hydrogen-bond acceptors (Lipinski definition) is 7. The van der Waals surface area contributed by atoms with Crippen molar-refractivity contribution in [3.05, 3.63) is 31.9 Å². The predicted molar refractivity (Wildman–Crippen MR) is 90.5 cm³/mol. The minimum Gasteiger partial charge on any atom is -0.395 e. The summed E-state index contributed by atoms with van der Waals surface area (Å²) in [7, 11) is 3.03. The SMILES string of the molecule is Cn1c(=O)c2c(nc3scc(CN(CCO)CCO)n32)n(C)c1=O. The molecule has 3 heterocycles. The number of aliphatic hydroxyl groups excluding tert-OH is 2. The Bertz CT molecular complexity index is 993. The molecule has 24 heavy (non-hydrogen) atoms. The minimum atomic E-state index is -0.415. The monoisotopic (exact) mass is 353 g/mol. The van der Waals surface area contributed by atoms with Gasteiger partial charge in [-0.3, -0.25) is 23.2 Å². The molecule has 0 saturated carbocycles. The second kappa shape index (κ2) is 6.48. The van der Waals surface area contributed by atoms with E-state index in [1.165, 1.54) is 23.0 Å². The van der Waals surface area contributed by atoms with Gasteiger partial charge in [-0.2, -0.15) is 0 Å². The highest BCUT2D eigenvalue weighted by atomic mass is 32.1. The highest BCUT2D eigenvalue weighted by Gasteiger charge is 2.19. The Balaban J connectivity index is 2.21. The van der Waals surface area contributed by atoms with E-state index < -0.39 is 11.2 Å². The van der Waals surface area contributed by atoms with E-state index in [2.05, 4.69) is 4.98 Å². The van der Waals surface area contributed by atoms with Gasteiger partial charge in [-0.25, -0.2) is 9.78 Å². The number of thiazole rings is 1. The number of aromatic nitrogens is 4. The first-order valence-corrected chi connectivity index (χ1v) is 8.36. The van der Waals surface area contributed by atoms with E-state index in [9.17, 15) is 9.59 Å². The lowest BCUT2D eigenvalue weighted by molar-refractivity contribution is 0.154. The average Bonchev–Trinajstić information content (AvgIpc) is 3.11. The highest BCUT2D eigenvalue weighted by Crippen LogP contribution is 2.21. The third kappa shape index (κ3) is 2.57. The average molecular weight is 353 g/mol. The topological polar surface area (TPSA) is 105 Å². The van der Waals surface area contributed by atoms with Gasteiger partial charge in [0.15, 0.2) is 16.1 Å². The first kappa shape index (κ1) is 16.8. The van der Waals surface area contributed by atoms with Crippen molar-refractivity contribution in [1.82, 2.24) is 23.4 Å². The Morgan fingerprint density at radius 3 is 2.46 bits per heavy atom. The molecule has 0 aliphatic rings. The van der Waals surface area contributed by atoms with Gasteiger partial charge in [-0.1, -0.05) is 0 Å². The summed E-state index contributed by atoms with van der Waals surface area (Å²) in [6.45, 7) is 1.25. The van der Waals surface area contributed by atoms with Crippen LogP contribution in [0.3, 0.4) is 0 Å². The fourth-order valence-electron chi connectivity index (χ4n) is 2.78. The van der Waals surface area contributed by atoms with Crippen LogP contribution in [0.5, 0.6) is 0 Å². The summed E-state index contributed by atoms with van der Waals surface area (Å²) >= 11 is 1.38. The van der Waals surface area contributed by atoms with Crippen LogP contribution in [-0.4, -0.2) is 59.9 Å². The van der Waals surface area contributed by atoms with Crippen LogP contribution < -0.4 is 11.2 Å². The smallest absolute Gasteiger partial charge is 0.332 e. The van der Waals surface area contributed by atoms with Crippen molar-refractivity contribution in [2.24, 2.45) is 14.1 Å². The van der Waals surface area contributed by atoms with Crippen molar-refractivity contribution in [3.8, 4) is 0 Å². The second-order valence-corrected chi connectivity index (χ2v) is 6.39. The molecule has 3 rings (SSSR count). The van der Waals surface area contributed by atoms with E-state index in [1.807, 2.05) is 10.3 Å². The van der Waals surface area contributed by atoms with Crippen molar-refractivity contribution in [2.45, 2.75) is 6.54 Å². The third-order valence-electron chi connectivity index (χ3n) is 4.03. The van der Waals surface area contributed by atoms with Crippen molar-refractivity contribution in [3.63, 3.8) is 0 Å². The van der Waals surface area contributed by atoms with E-state index in [0.29, 0.717) is 35.8 Å². The molecule has 0 amide bonds. The normalized spacial score (nSPS) is 12.0. The maximum absolute atomic E-state index is 12.6. The summed E-state index contributed by atoms with van der Waals surface area (Å²) in [5.74, 6) is 0. The maximum atomic E-state index is 12.6. The molecule has 0 bridgehead atoms. The van der Waals surface area contributed by atoms with Gasteiger partial charge >= 0.3 is 5.69 Å². The lowest BCUT2D eigenvalue weighted by Gasteiger charge is -2.19. The van der Waals surface area contributed by atoms with Crippen molar-refractivity contribution < 1.29 is 10.2 Å². The number of fused-ring (bicyclic) bond motifs is 3. The first-order valence-electron chi connectivity index (χ1n) is 7.48. The second-order valence-electron chi connectivity index (χ2n) is 5.56. The van der Waals surface area contributed by atoms with E-state index >= 15 is 0 Å². The van der Waals surface area contributed by atoms with Crippen LogP contribution in [0, 0.1) is 0 Å². The lowest BCUT2D eigenvalue weighted by atomic mass is 10.4. The number of hydrogen-bond donors (Lipinski definition) is 2. The molecule has 0 aliphatic heterocycles. The number of aliphatic hydroxyl groups is 2. The van der Waals surface area contributed by atoms with Crippen LogP contribution in [0.2, 0.25) is 0 Å². The molecule has 0 aliphatic carbocycles. The Hall–Kier alpha value is -2.01. The van der Waals surface area contributed by atoms with Gasteiger partial charge in [0.05, 0.1) is 13.2 Å². The standard InChI is InChI=1S/C14H19N5O4S/c1-16-11-10(12(22)17(2)14(16)23)19-9(8-24-13(19)15-11)7-18(3-5-20)4-6-21/h8,20-21H,3-7H2,1-2H3. The van der Waals surface area contributed by atoms with Gasteiger partial charge in [0.1, 0.15) is 0 Å². The molecule has 9 nitrogen and oxygen atoms in total. The van der Waals surface area contributed by atoms with Crippen LogP contribution in [-0.2, 0) is 20.6 Å². The number of aryl methyl sites for hydroxylation is 1. The zero-order chi connectivity index (χ0) is 17.4. The summed E-state index contributed by atoms with van der Waals surface area (Å²) in [6.07, 6.45) is 0. The fourth-order valence-corrected chi connectivity index (χ4v) is 3.66. The van der Waals surface area contributed by atoms with Crippen molar-refractivity contribution in [2.75, 3.05) is 26.3 Å². The van der Waals surface area contributed by atoms with Crippen LogP contribution in [0.4, 0.5) is 0 Å². The van der Waals surface area contributed by atoms with Crippen LogP contribution in [0.25, 0.3) is 16.1 Å². The summed E-state index contributed by atoms with van der Waals surface area (Å²) in [5.41, 5.74) is 0.735. The van der Waals surface area contributed by atoms with Gasteiger partial charge in [0.25, 0.3) is 5.56 Å². The molecule has 0 atom stereocenters. The summed E-state index contributed by atoms with van der Waals surface area (Å²) in [6, 6.07) is 0. The molecule has 130 valence electrons. The lowest BCUT2D eigenvalue weighted by Crippen LogP contribution is -2.37. The Labute approximate surface area is 140 Å². The predicted octanol–water partition coefficient (Wildman–Crippen LogP) is -1.27. The van der Waals surface area contributed by atoms with E-state index in [-0.39, 0.29) is 13.2 Å². The molecule has 3 aromatic heterocycles. The fraction of sp³-hybridized carbons (Fsp3) is 0.500. The molecule has 3 aromatic rings. The molecule has 0 fully saturated rings. The number of imidazole rings is 1. The van der Waals surface area contributed by atoms with E-state index in [4.69, 9.17) is 10.2 Å². The molecule has 0 unspecified atom stereocenters. The van der Waals surface area contributed by atoms with Crippen molar-refractivity contribution in [1.29, 1.82) is 0 Å². The van der Waals surface area contributed by atoms with E-state index in [0.717, 1.165) is 10.3 Å². The number of nitrogens with zero attached hydrogens (tertiary/aromatic N) is 5. The first-order chi connectivity index (χ1) is 11.5. The minimum absolute atomic E-state index is 0.0196. The van der Waals surface area contributed by atoms with Gasteiger partial charge < -0.3 is 10.2 Å². The Kier molecular flexibility index (Phi) is 4.54. The largest absolute Gasteiger partial charge is 0.395 e. The molecular weight excluding hydrogens is 334 g/mol. The van der Waals surface area contributed by atoms with Gasteiger partial charge in [-0.05, 0) is 0 Å². The summed E-state index contributed by atoms with van der Waals surface area (Å²) in [4.78, 5) is 31.5. The third-order valence-corrected chi connectivity index (χ3v) is 4.91. The summed E-state index contributed by atoms with van der Waals surface area (Å²) in [5, 5.41) is 20.2. The highest BCUT2D eigenvalue weighted by molar-refractivity contribution is 7.15. The quantitative estimate of drug-likeness (QED) is 0.573. The van der Waals surface area contributed by atoms with Crippen LogP contribution in [0.1, 0.15) is 5.69 Å². The number of rotatable bonds is 6. The van der Waals surface area contributed by atoms with Crippen LogP contribution >= 0.6 is 11.3 Å². The molecule has 0 saturated heterocycles. The maximum Gasteiger partial charge on any atom is 0.332 e. The zero-order valence-corrected chi connectivity index (χ0v) is 14.3. The molecule has 0 radical (unpaired) electrons. The van der Waals surface area contributed by atoms with E-state index in [1.54, 1.807) is 11.4 Å². The Morgan fingerprint density at radius 1 is 1.17 bits per heavy atom. The summed E-state index contributed by atoms with van der Waals surface area (Å²) < 4.78 is 4.18. The van der Waals surface area contributed by atoms with Gasteiger partial charge in [0.2, 0.25) is 0 Å². The van der Waals surface area contributed by atoms with Crippen molar-refractivity contribution >= 4 is 27.5 Å². The molecule has 2 N–H and O–H groups in total. The molecular formula is C14H19N5O4S. The van der Waals surface area contributed by atoms with Crippen LogP contribution in [0.15, 0.2) is 15.0 Å². The molecule has 0 spiro atoms.